The number of thioether (sulfide) groups is 1. The number of nitrogens with one attached hydrogen (secondary N) is 1. The van der Waals surface area contributed by atoms with E-state index in [0.29, 0.717) is 0 Å². The van der Waals surface area contributed by atoms with E-state index >= 15 is 0 Å². The van der Waals surface area contributed by atoms with Crippen LogP contribution in [-0.4, -0.2) is 23.6 Å². The second-order valence-electron chi connectivity index (χ2n) is 4.98. The lowest BCUT2D eigenvalue weighted by Gasteiger charge is -2.09. The van der Waals surface area contributed by atoms with Gasteiger partial charge < -0.3 is 10.1 Å². The van der Waals surface area contributed by atoms with Crippen molar-refractivity contribution in [3.05, 3.63) is 35.0 Å². The molecule has 0 saturated carbocycles. The normalized spacial score (nSPS) is 15.7. The van der Waals surface area contributed by atoms with Gasteiger partial charge in [0.2, 0.25) is 0 Å². The summed E-state index contributed by atoms with van der Waals surface area (Å²) in [5, 5.41) is 3.20. The number of aromatic nitrogens is 2. The van der Waals surface area contributed by atoms with Crippen LogP contribution in [0, 0.1) is 0 Å². The highest BCUT2D eigenvalue weighted by atomic mass is 32.2. The van der Waals surface area contributed by atoms with Crippen molar-refractivity contribution in [1.82, 2.24) is 9.97 Å². The molecule has 0 unspecified atom stereocenters. The van der Waals surface area contributed by atoms with Crippen molar-refractivity contribution in [2.24, 2.45) is 0 Å². The zero-order valence-electron chi connectivity index (χ0n) is 11.3. The Morgan fingerprint density at radius 1 is 1.25 bits per heavy atom. The first-order chi connectivity index (χ1) is 9.85. The molecule has 0 atom stereocenters. The molecule has 3 heterocycles. The minimum atomic E-state index is 0.780. The number of rotatable bonds is 2. The number of hydrogen-bond acceptors (Lipinski definition) is 5. The van der Waals surface area contributed by atoms with Gasteiger partial charge in [0, 0.05) is 36.1 Å². The second kappa shape index (κ2) is 4.66. The van der Waals surface area contributed by atoms with Gasteiger partial charge in [-0.1, -0.05) is 0 Å². The molecule has 20 heavy (non-hydrogen) atoms. The average molecular weight is 285 g/mol. The molecular weight excluding hydrogens is 270 g/mol. The molecule has 2 aliphatic rings. The Hall–Kier alpha value is -1.75. The molecule has 0 aliphatic carbocycles. The van der Waals surface area contributed by atoms with Crippen molar-refractivity contribution in [2.45, 2.75) is 17.9 Å². The molecule has 0 radical (unpaired) electrons. The predicted octanol–water partition coefficient (Wildman–Crippen LogP) is 2.87. The highest BCUT2D eigenvalue weighted by Crippen LogP contribution is 2.35. The fourth-order valence-electron chi connectivity index (χ4n) is 2.71. The Kier molecular flexibility index (Phi) is 2.80. The molecular formula is C15H15N3OS. The summed E-state index contributed by atoms with van der Waals surface area (Å²) in [7, 11) is 1.92. The van der Waals surface area contributed by atoms with E-state index in [1.807, 2.05) is 30.9 Å². The van der Waals surface area contributed by atoms with Gasteiger partial charge in [-0.2, -0.15) is 11.8 Å². The van der Waals surface area contributed by atoms with Gasteiger partial charge in [0.15, 0.2) is 5.82 Å². The first kappa shape index (κ1) is 12.0. The van der Waals surface area contributed by atoms with Crippen LogP contribution in [0.25, 0.3) is 11.4 Å². The molecule has 1 aromatic carbocycles. The maximum absolute atomic E-state index is 5.55. The molecule has 4 nitrogen and oxygen atoms in total. The predicted molar refractivity (Wildman–Crippen MR) is 81.2 cm³/mol. The molecule has 0 bridgehead atoms. The average Bonchev–Trinajstić information content (AvgIpc) is 3.13. The molecule has 102 valence electrons. The third kappa shape index (κ3) is 1.85. The van der Waals surface area contributed by atoms with Gasteiger partial charge in [0.1, 0.15) is 11.6 Å². The molecule has 0 amide bonds. The minimum Gasteiger partial charge on any atom is -0.493 e. The Morgan fingerprint density at radius 3 is 3.10 bits per heavy atom. The van der Waals surface area contributed by atoms with E-state index in [1.165, 1.54) is 16.8 Å². The highest BCUT2D eigenvalue weighted by molar-refractivity contribution is 7.98. The smallest absolute Gasteiger partial charge is 0.161 e. The summed E-state index contributed by atoms with van der Waals surface area (Å²) in [5.41, 5.74) is 4.75. The van der Waals surface area contributed by atoms with E-state index in [-0.39, 0.29) is 0 Å². The highest BCUT2D eigenvalue weighted by Gasteiger charge is 2.20. The zero-order chi connectivity index (χ0) is 13.5. The molecule has 2 aliphatic heterocycles. The third-order valence-electron chi connectivity index (χ3n) is 3.76. The van der Waals surface area contributed by atoms with E-state index in [9.17, 15) is 0 Å². The Labute approximate surface area is 122 Å². The van der Waals surface area contributed by atoms with Gasteiger partial charge in [-0.3, -0.25) is 0 Å². The van der Waals surface area contributed by atoms with Crippen LogP contribution in [0.15, 0.2) is 18.2 Å². The van der Waals surface area contributed by atoms with Crippen LogP contribution >= 0.6 is 11.8 Å². The van der Waals surface area contributed by atoms with Crippen LogP contribution in [0.3, 0.4) is 0 Å². The summed E-state index contributed by atoms with van der Waals surface area (Å²) in [5.74, 6) is 4.76. The molecule has 0 fully saturated rings. The largest absolute Gasteiger partial charge is 0.493 e. The molecule has 5 heteroatoms. The van der Waals surface area contributed by atoms with E-state index in [2.05, 4.69) is 16.4 Å². The van der Waals surface area contributed by atoms with Crippen LogP contribution < -0.4 is 10.1 Å². The van der Waals surface area contributed by atoms with E-state index in [0.717, 1.165) is 47.5 Å². The Bertz CT molecular complexity index is 687. The number of nitrogens with zero attached hydrogens (tertiary/aromatic N) is 2. The molecule has 0 spiro atoms. The lowest BCUT2D eigenvalue weighted by molar-refractivity contribution is 0.357. The summed E-state index contributed by atoms with van der Waals surface area (Å²) < 4.78 is 5.55. The standard InChI is InChI=1S/C15H15N3OS/c1-16-15-11-7-20-8-12(11)17-14(18-15)10-2-3-13-9(6-10)4-5-19-13/h2-3,6H,4-5,7-8H2,1H3,(H,16,17,18). The van der Waals surface area contributed by atoms with E-state index in [4.69, 9.17) is 9.72 Å². The van der Waals surface area contributed by atoms with Crippen molar-refractivity contribution in [2.75, 3.05) is 19.0 Å². The summed E-state index contributed by atoms with van der Waals surface area (Å²) in [6.45, 7) is 0.780. The number of anilines is 1. The van der Waals surface area contributed by atoms with Crippen LogP contribution in [0.4, 0.5) is 5.82 Å². The van der Waals surface area contributed by atoms with Crippen LogP contribution in [0.5, 0.6) is 5.75 Å². The van der Waals surface area contributed by atoms with Gasteiger partial charge in [-0.15, -0.1) is 0 Å². The molecule has 0 saturated heterocycles. The minimum absolute atomic E-state index is 0.780. The lowest BCUT2D eigenvalue weighted by Crippen LogP contribution is -2.03. The van der Waals surface area contributed by atoms with Crippen molar-refractivity contribution in [3.8, 4) is 17.1 Å². The first-order valence-electron chi connectivity index (χ1n) is 6.76. The summed E-state index contributed by atoms with van der Waals surface area (Å²) in [6.07, 6.45) is 0.975. The fraction of sp³-hybridized carbons (Fsp3) is 0.333. The number of fused-ring (bicyclic) bond motifs is 2. The van der Waals surface area contributed by atoms with Gasteiger partial charge >= 0.3 is 0 Å². The molecule has 1 N–H and O–H groups in total. The van der Waals surface area contributed by atoms with E-state index in [1.54, 1.807) is 0 Å². The van der Waals surface area contributed by atoms with E-state index < -0.39 is 0 Å². The van der Waals surface area contributed by atoms with Crippen LogP contribution in [0.2, 0.25) is 0 Å². The monoisotopic (exact) mass is 285 g/mol. The summed E-state index contributed by atoms with van der Waals surface area (Å²) >= 11 is 1.89. The first-order valence-corrected chi connectivity index (χ1v) is 7.92. The van der Waals surface area contributed by atoms with Gasteiger partial charge in [0.25, 0.3) is 0 Å². The topological polar surface area (TPSA) is 47.0 Å². The zero-order valence-corrected chi connectivity index (χ0v) is 12.1. The maximum atomic E-state index is 5.55. The van der Waals surface area contributed by atoms with Crippen molar-refractivity contribution < 1.29 is 4.74 Å². The number of benzene rings is 1. The second-order valence-corrected chi connectivity index (χ2v) is 5.97. The molecule has 4 rings (SSSR count). The van der Waals surface area contributed by atoms with Crippen molar-refractivity contribution in [3.63, 3.8) is 0 Å². The van der Waals surface area contributed by atoms with Gasteiger partial charge in [-0.25, -0.2) is 9.97 Å². The Morgan fingerprint density at radius 2 is 2.20 bits per heavy atom. The SMILES string of the molecule is CNc1nc(-c2ccc3c(c2)CCO3)nc2c1CSC2. The summed E-state index contributed by atoms with van der Waals surface area (Å²) in [6, 6.07) is 6.24. The lowest BCUT2D eigenvalue weighted by atomic mass is 10.1. The maximum Gasteiger partial charge on any atom is 0.161 e. The molecule has 2 aromatic rings. The quantitative estimate of drug-likeness (QED) is 0.919. The van der Waals surface area contributed by atoms with Gasteiger partial charge in [-0.05, 0) is 23.8 Å². The summed E-state index contributed by atoms with van der Waals surface area (Å²) in [4.78, 5) is 9.43. The van der Waals surface area contributed by atoms with Crippen molar-refractivity contribution in [1.29, 1.82) is 0 Å². The van der Waals surface area contributed by atoms with Crippen LogP contribution in [-0.2, 0) is 17.9 Å². The third-order valence-corrected chi connectivity index (χ3v) is 4.73. The fourth-order valence-corrected chi connectivity index (χ4v) is 3.75. The number of hydrogen-bond donors (Lipinski definition) is 1. The van der Waals surface area contributed by atoms with Crippen molar-refractivity contribution >= 4 is 17.6 Å². The van der Waals surface area contributed by atoms with Crippen LogP contribution in [0.1, 0.15) is 16.8 Å². The molecule has 1 aromatic heterocycles. The van der Waals surface area contributed by atoms with Gasteiger partial charge in [0.05, 0.1) is 12.3 Å². The number of ether oxygens (including phenoxy) is 1. The Balaban J connectivity index is 1.82.